The number of benzene rings is 1. The Labute approximate surface area is 127 Å². The van der Waals surface area contributed by atoms with Crippen molar-refractivity contribution >= 4 is 5.91 Å². The number of primary amides is 1. The van der Waals surface area contributed by atoms with Gasteiger partial charge in [-0.3, -0.25) is 9.69 Å². The third kappa shape index (κ3) is 4.55. The van der Waals surface area contributed by atoms with E-state index in [0.29, 0.717) is 12.6 Å². The van der Waals surface area contributed by atoms with Gasteiger partial charge in [0.05, 0.1) is 6.54 Å². The molecule has 0 radical (unpaired) electrons. The van der Waals surface area contributed by atoms with Crippen molar-refractivity contribution in [2.24, 2.45) is 5.73 Å². The van der Waals surface area contributed by atoms with Gasteiger partial charge in [0.2, 0.25) is 5.91 Å². The predicted molar refractivity (Wildman–Crippen MR) is 86.1 cm³/mol. The van der Waals surface area contributed by atoms with E-state index in [2.05, 4.69) is 43.1 Å². The Morgan fingerprint density at radius 3 is 2.33 bits per heavy atom. The van der Waals surface area contributed by atoms with E-state index in [-0.39, 0.29) is 5.91 Å². The molecule has 1 heterocycles. The van der Waals surface area contributed by atoms with Crippen molar-refractivity contribution < 1.29 is 4.79 Å². The monoisotopic (exact) mass is 289 g/mol. The van der Waals surface area contributed by atoms with Crippen molar-refractivity contribution in [3.05, 3.63) is 34.4 Å². The summed E-state index contributed by atoms with van der Waals surface area (Å²) in [6.07, 6.45) is 2.16. The van der Waals surface area contributed by atoms with Gasteiger partial charge in [-0.15, -0.1) is 0 Å². The van der Waals surface area contributed by atoms with Gasteiger partial charge in [0.25, 0.3) is 0 Å². The Morgan fingerprint density at radius 2 is 1.81 bits per heavy atom. The molecule has 1 aromatic carbocycles. The maximum absolute atomic E-state index is 10.9. The number of hydrogen-bond acceptors (Lipinski definition) is 3. The molecule has 0 spiro atoms. The third-order valence-corrected chi connectivity index (χ3v) is 4.37. The van der Waals surface area contributed by atoms with Gasteiger partial charge in [-0.1, -0.05) is 17.7 Å². The number of piperidine rings is 1. The van der Waals surface area contributed by atoms with Gasteiger partial charge < -0.3 is 11.1 Å². The highest BCUT2D eigenvalue weighted by atomic mass is 16.1. The Morgan fingerprint density at radius 1 is 1.24 bits per heavy atom. The highest BCUT2D eigenvalue weighted by Gasteiger charge is 2.19. The summed E-state index contributed by atoms with van der Waals surface area (Å²) in [6.45, 7) is 9.74. The van der Waals surface area contributed by atoms with Gasteiger partial charge in [0.1, 0.15) is 0 Å². The van der Waals surface area contributed by atoms with E-state index < -0.39 is 0 Å². The molecule has 1 amide bonds. The molecule has 2 rings (SSSR count). The van der Waals surface area contributed by atoms with E-state index in [9.17, 15) is 4.79 Å². The second kappa shape index (κ2) is 7.05. The van der Waals surface area contributed by atoms with Gasteiger partial charge in [-0.2, -0.15) is 0 Å². The number of likely N-dealkylation sites (tertiary alicyclic amines) is 1. The Balaban J connectivity index is 1.84. The summed E-state index contributed by atoms with van der Waals surface area (Å²) >= 11 is 0. The molecule has 4 heteroatoms. The number of rotatable bonds is 5. The summed E-state index contributed by atoms with van der Waals surface area (Å²) in [7, 11) is 0. The summed E-state index contributed by atoms with van der Waals surface area (Å²) in [4.78, 5) is 13.1. The Hall–Kier alpha value is -1.39. The minimum absolute atomic E-state index is 0.229. The first-order chi connectivity index (χ1) is 9.95. The fourth-order valence-corrected chi connectivity index (χ4v) is 3.25. The predicted octanol–water partition coefficient (Wildman–Crippen LogP) is 1.65. The second-order valence-corrected chi connectivity index (χ2v) is 6.27. The SMILES string of the molecule is Cc1cc(C)c(CNC2CCN(CC(N)=O)CC2)c(C)c1. The van der Waals surface area contributed by atoms with Crippen LogP contribution >= 0.6 is 0 Å². The normalized spacial score (nSPS) is 17.1. The fourth-order valence-electron chi connectivity index (χ4n) is 3.25. The Kier molecular flexibility index (Phi) is 5.37. The zero-order valence-corrected chi connectivity index (χ0v) is 13.4. The van der Waals surface area contributed by atoms with Gasteiger partial charge in [-0.05, 0) is 50.3 Å². The molecule has 1 aliphatic heterocycles. The van der Waals surface area contributed by atoms with Crippen LogP contribution in [0.1, 0.15) is 35.1 Å². The van der Waals surface area contributed by atoms with Crippen LogP contribution in [-0.2, 0) is 11.3 Å². The molecule has 1 aliphatic rings. The van der Waals surface area contributed by atoms with E-state index in [1.807, 2.05) is 0 Å². The smallest absolute Gasteiger partial charge is 0.231 e. The van der Waals surface area contributed by atoms with Crippen LogP contribution in [0.15, 0.2) is 12.1 Å². The molecular weight excluding hydrogens is 262 g/mol. The molecule has 3 N–H and O–H groups in total. The van der Waals surface area contributed by atoms with Crippen LogP contribution in [-0.4, -0.2) is 36.5 Å². The number of nitrogens with zero attached hydrogens (tertiary/aromatic N) is 1. The van der Waals surface area contributed by atoms with E-state index in [0.717, 1.165) is 32.5 Å². The molecular formula is C17H27N3O. The molecule has 21 heavy (non-hydrogen) atoms. The van der Waals surface area contributed by atoms with Crippen molar-refractivity contribution in [1.82, 2.24) is 10.2 Å². The lowest BCUT2D eigenvalue weighted by Crippen LogP contribution is -2.45. The Bertz CT molecular complexity index is 482. The summed E-state index contributed by atoms with van der Waals surface area (Å²) in [6, 6.07) is 5.04. The lowest BCUT2D eigenvalue weighted by molar-refractivity contribution is -0.119. The number of carbonyl (C=O) groups is 1. The summed E-state index contributed by atoms with van der Waals surface area (Å²) in [5.74, 6) is -0.229. The highest BCUT2D eigenvalue weighted by Crippen LogP contribution is 2.17. The minimum atomic E-state index is -0.229. The number of nitrogens with two attached hydrogens (primary N) is 1. The zero-order valence-electron chi connectivity index (χ0n) is 13.4. The lowest BCUT2D eigenvalue weighted by Gasteiger charge is -2.31. The average Bonchev–Trinajstić information content (AvgIpc) is 2.38. The van der Waals surface area contributed by atoms with Crippen LogP contribution < -0.4 is 11.1 Å². The molecule has 1 fully saturated rings. The first kappa shape index (κ1) is 16.0. The van der Waals surface area contributed by atoms with Crippen molar-refractivity contribution in [3.8, 4) is 0 Å². The third-order valence-electron chi connectivity index (χ3n) is 4.37. The molecule has 0 bridgehead atoms. The van der Waals surface area contributed by atoms with Crippen LogP contribution in [0.2, 0.25) is 0 Å². The van der Waals surface area contributed by atoms with Crippen molar-refractivity contribution in [3.63, 3.8) is 0 Å². The molecule has 0 atom stereocenters. The highest BCUT2D eigenvalue weighted by molar-refractivity contribution is 5.75. The first-order valence-electron chi connectivity index (χ1n) is 7.76. The molecule has 0 unspecified atom stereocenters. The summed E-state index contributed by atoms with van der Waals surface area (Å²) in [5.41, 5.74) is 10.7. The van der Waals surface area contributed by atoms with Crippen LogP contribution in [0, 0.1) is 20.8 Å². The molecule has 0 saturated carbocycles. The summed E-state index contributed by atoms with van der Waals surface area (Å²) in [5, 5.41) is 3.67. The molecule has 4 nitrogen and oxygen atoms in total. The fraction of sp³-hybridized carbons (Fsp3) is 0.588. The minimum Gasteiger partial charge on any atom is -0.369 e. The topological polar surface area (TPSA) is 58.4 Å². The average molecular weight is 289 g/mol. The lowest BCUT2D eigenvalue weighted by atomic mass is 9.98. The standard InChI is InChI=1S/C17H27N3O/c1-12-8-13(2)16(14(3)9-12)10-19-15-4-6-20(7-5-15)11-17(18)21/h8-9,15,19H,4-7,10-11H2,1-3H3,(H2,18,21). The largest absolute Gasteiger partial charge is 0.369 e. The molecule has 1 saturated heterocycles. The van der Waals surface area contributed by atoms with Gasteiger partial charge in [0.15, 0.2) is 0 Å². The maximum atomic E-state index is 10.9. The van der Waals surface area contributed by atoms with Crippen molar-refractivity contribution in [1.29, 1.82) is 0 Å². The molecule has 1 aromatic rings. The quantitative estimate of drug-likeness (QED) is 0.866. The van der Waals surface area contributed by atoms with Gasteiger partial charge in [-0.25, -0.2) is 0 Å². The van der Waals surface area contributed by atoms with Crippen LogP contribution in [0.3, 0.4) is 0 Å². The molecule has 0 aliphatic carbocycles. The number of aryl methyl sites for hydroxylation is 3. The molecule has 0 aromatic heterocycles. The van der Waals surface area contributed by atoms with E-state index in [4.69, 9.17) is 5.73 Å². The molecule has 116 valence electrons. The van der Waals surface area contributed by atoms with Crippen molar-refractivity contribution in [2.75, 3.05) is 19.6 Å². The maximum Gasteiger partial charge on any atom is 0.231 e. The number of hydrogen-bond donors (Lipinski definition) is 2. The van der Waals surface area contributed by atoms with Crippen LogP contribution in [0.4, 0.5) is 0 Å². The van der Waals surface area contributed by atoms with Gasteiger partial charge in [0, 0.05) is 25.7 Å². The second-order valence-electron chi connectivity index (χ2n) is 6.27. The van der Waals surface area contributed by atoms with E-state index in [1.165, 1.54) is 22.3 Å². The zero-order chi connectivity index (χ0) is 15.4. The van der Waals surface area contributed by atoms with Crippen molar-refractivity contribution in [2.45, 2.75) is 46.2 Å². The van der Waals surface area contributed by atoms with Gasteiger partial charge >= 0.3 is 0 Å². The summed E-state index contributed by atoms with van der Waals surface area (Å²) < 4.78 is 0. The van der Waals surface area contributed by atoms with Crippen LogP contribution in [0.5, 0.6) is 0 Å². The number of carbonyl (C=O) groups excluding carboxylic acids is 1. The number of amides is 1. The van der Waals surface area contributed by atoms with Crippen LogP contribution in [0.25, 0.3) is 0 Å². The number of nitrogens with one attached hydrogen (secondary N) is 1. The first-order valence-corrected chi connectivity index (χ1v) is 7.76. The van der Waals surface area contributed by atoms with E-state index in [1.54, 1.807) is 0 Å². The van der Waals surface area contributed by atoms with E-state index >= 15 is 0 Å².